The Morgan fingerprint density at radius 1 is 1.12 bits per heavy atom. The molecule has 5 heteroatoms. The second kappa shape index (κ2) is 6.34. The van der Waals surface area contributed by atoms with Crippen molar-refractivity contribution in [3.05, 3.63) is 29.8 Å². The molecule has 0 bridgehead atoms. The van der Waals surface area contributed by atoms with Crippen molar-refractivity contribution >= 4 is 20.1 Å². The smallest absolute Gasteiger partial charge is 0.194 e. The van der Waals surface area contributed by atoms with Gasteiger partial charge in [0.15, 0.2) is 13.3 Å². The minimum atomic E-state index is -1.94. The van der Waals surface area contributed by atoms with Gasteiger partial charge >= 0.3 is 0 Å². The normalized spacial score (nSPS) is 26.8. The molecular weight excluding hydrogens is 336 g/mol. The fourth-order valence-electron chi connectivity index (χ4n) is 2.88. The van der Waals surface area contributed by atoms with Gasteiger partial charge in [0.25, 0.3) is 0 Å². The minimum absolute atomic E-state index is 0.0671. The summed E-state index contributed by atoms with van der Waals surface area (Å²) in [5, 5.41) is 0.159. The highest BCUT2D eigenvalue weighted by molar-refractivity contribution is 8.00. The quantitative estimate of drug-likeness (QED) is 0.497. The Balaban J connectivity index is 2.39. The molecule has 1 aliphatic rings. The molecule has 136 valence electrons. The lowest BCUT2D eigenvalue weighted by molar-refractivity contribution is -0.290. The topological polar surface area (TPSA) is 27.7 Å². The van der Waals surface area contributed by atoms with Crippen LogP contribution in [0.25, 0.3) is 0 Å². The van der Waals surface area contributed by atoms with Crippen molar-refractivity contribution in [3.63, 3.8) is 0 Å². The van der Waals surface area contributed by atoms with Crippen LogP contribution in [0.2, 0.25) is 18.1 Å². The second-order valence-electron chi connectivity index (χ2n) is 8.52. The molecule has 2 rings (SSSR count). The molecule has 0 saturated carbocycles. The zero-order chi connectivity index (χ0) is 18.4. The zero-order valence-electron chi connectivity index (χ0n) is 16.5. The summed E-state index contributed by atoms with van der Waals surface area (Å²) in [7, 11) is -0.253. The van der Waals surface area contributed by atoms with Crippen molar-refractivity contribution in [3.8, 4) is 5.75 Å². The Morgan fingerprint density at radius 2 is 1.67 bits per heavy atom. The van der Waals surface area contributed by atoms with Gasteiger partial charge in [0, 0.05) is 0 Å². The van der Waals surface area contributed by atoms with Crippen LogP contribution in [-0.4, -0.2) is 32.2 Å². The van der Waals surface area contributed by atoms with E-state index < -0.39 is 8.32 Å². The van der Waals surface area contributed by atoms with Gasteiger partial charge in [-0.05, 0) is 55.9 Å². The van der Waals surface area contributed by atoms with Crippen LogP contribution in [0.4, 0.5) is 0 Å². The second-order valence-corrected chi connectivity index (χ2v) is 14.3. The molecule has 1 aromatic rings. The van der Waals surface area contributed by atoms with Crippen LogP contribution < -0.4 is 4.74 Å². The summed E-state index contributed by atoms with van der Waals surface area (Å²) >= 11 is 1.78. The van der Waals surface area contributed by atoms with Gasteiger partial charge in [-0.1, -0.05) is 32.9 Å². The molecule has 0 unspecified atom stereocenters. The summed E-state index contributed by atoms with van der Waals surface area (Å²) in [6.07, 6.45) is 2.07. The van der Waals surface area contributed by atoms with Crippen molar-refractivity contribution in [1.29, 1.82) is 0 Å². The van der Waals surface area contributed by atoms with Crippen LogP contribution in [0.3, 0.4) is 0 Å². The molecule has 1 aromatic carbocycles. The van der Waals surface area contributed by atoms with E-state index in [1.54, 1.807) is 18.9 Å². The lowest BCUT2D eigenvalue weighted by Crippen LogP contribution is -2.69. The number of hydrogen-bond donors (Lipinski definition) is 0. The van der Waals surface area contributed by atoms with Crippen LogP contribution in [0.15, 0.2) is 24.3 Å². The van der Waals surface area contributed by atoms with Crippen molar-refractivity contribution in [2.45, 2.75) is 69.4 Å². The third kappa shape index (κ3) is 3.16. The van der Waals surface area contributed by atoms with Gasteiger partial charge in [-0.15, -0.1) is 11.8 Å². The largest absolute Gasteiger partial charge is 0.497 e. The molecule has 0 aromatic heterocycles. The van der Waals surface area contributed by atoms with Gasteiger partial charge in [-0.3, -0.25) is 0 Å². The van der Waals surface area contributed by atoms with Crippen LogP contribution in [0.5, 0.6) is 5.75 Å². The maximum Gasteiger partial charge on any atom is 0.194 e. The van der Waals surface area contributed by atoms with Gasteiger partial charge < -0.3 is 13.9 Å². The first kappa shape index (κ1) is 19.8. The summed E-state index contributed by atoms with van der Waals surface area (Å²) in [4.78, 5) is -0.370. The standard InChI is InChI=1S/C19H32O3SSi/c1-17(2,3)24(8,9)22-19(23-7)16(21-18(19,4)5)14-10-12-15(20-6)13-11-14/h10-13,16H,1-9H3/t16-,19-/m1/s1. The highest BCUT2D eigenvalue weighted by Crippen LogP contribution is 2.61. The monoisotopic (exact) mass is 368 g/mol. The molecule has 0 N–H and O–H groups in total. The maximum absolute atomic E-state index is 6.96. The van der Waals surface area contributed by atoms with Gasteiger partial charge in [0.05, 0.1) is 7.11 Å². The summed E-state index contributed by atoms with van der Waals surface area (Å²) in [5.74, 6) is 0.859. The first-order valence-corrected chi connectivity index (χ1v) is 12.6. The van der Waals surface area contributed by atoms with Crippen molar-refractivity contribution < 1.29 is 13.9 Å². The number of thioether (sulfide) groups is 1. The number of hydrogen-bond acceptors (Lipinski definition) is 4. The summed E-state index contributed by atoms with van der Waals surface area (Å²) in [5.41, 5.74) is 0.815. The van der Waals surface area contributed by atoms with Crippen molar-refractivity contribution in [2.24, 2.45) is 0 Å². The maximum atomic E-state index is 6.96. The van der Waals surface area contributed by atoms with E-state index in [9.17, 15) is 0 Å². The zero-order valence-corrected chi connectivity index (χ0v) is 18.3. The van der Waals surface area contributed by atoms with E-state index in [0.717, 1.165) is 11.3 Å². The minimum Gasteiger partial charge on any atom is -0.497 e. The van der Waals surface area contributed by atoms with Crippen molar-refractivity contribution in [2.75, 3.05) is 13.4 Å². The van der Waals surface area contributed by atoms with Crippen LogP contribution in [-0.2, 0) is 9.16 Å². The summed E-state index contributed by atoms with van der Waals surface area (Å²) < 4.78 is 18.5. The molecule has 0 spiro atoms. The molecule has 24 heavy (non-hydrogen) atoms. The highest BCUT2D eigenvalue weighted by Gasteiger charge is 2.66. The lowest BCUT2D eigenvalue weighted by atomic mass is 9.84. The van der Waals surface area contributed by atoms with Crippen LogP contribution >= 0.6 is 11.8 Å². The summed E-state index contributed by atoms with van der Waals surface area (Å²) in [6, 6.07) is 8.14. The Labute approximate surface area is 152 Å². The number of benzene rings is 1. The van der Waals surface area contributed by atoms with Crippen LogP contribution in [0, 0.1) is 0 Å². The third-order valence-corrected chi connectivity index (χ3v) is 11.5. The SMILES string of the molecule is COc1ccc([C@H]2OC(C)(C)[C@]2(O[Si](C)(C)C(C)(C)C)SC)cc1. The molecule has 0 aliphatic carbocycles. The number of methoxy groups -OCH3 is 1. The molecule has 1 heterocycles. The average Bonchev–Trinajstić information content (AvgIpc) is 2.49. The van der Waals surface area contributed by atoms with E-state index in [-0.39, 0.29) is 21.7 Å². The molecule has 3 nitrogen and oxygen atoms in total. The molecule has 0 radical (unpaired) electrons. The van der Waals surface area contributed by atoms with Gasteiger partial charge in [-0.2, -0.15) is 0 Å². The molecule has 0 amide bonds. The van der Waals surface area contributed by atoms with Crippen LogP contribution in [0.1, 0.15) is 46.3 Å². The van der Waals surface area contributed by atoms with E-state index in [2.05, 4.69) is 66.1 Å². The Hall–Kier alpha value is -0.493. The predicted octanol–water partition coefficient (Wildman–Crippen LogP) is 5.63. The molecule has 1 aliphatic heterocycles. The van der Waals surface area contributed by atoms with E-state index in [4.69, 9.17) is 13.9 Å². The number of rotatable bonds is 5. The Bertz CT molecular complexity index is 577. The van der Waals surface area contributed by atoms with E-state index in [1.165, 1.54) is 0 Å². The van der Waals surface area contributed by atoms with E-state index in [1.807, 2.05) is 12.1 Å². The Kier molecular flexibility index (Phi) is 5.24. The lowest BCUT2D eigenvalue weighted by Gasteiger charge is -2.63. The van der Waals surface area contributed by atoms with Crippen molar-refractivity contribution in [1.82, 2.24) is 0 Å². The summed E-state index contributed by atoms with van der Waals surface area (Å²) in [6.45, 7) is 15.7. The number of ether oxygens (including phenoxy) is 2. The molecule has 2 atom stereocenters. The van der Waals surface area contributed by atoms with E-state index in [0.29, 0.717) is 0 Å². The first-order chi connectivity index (χ1) is 10.9. The first-order valence-electron chi connectivity index (χ1n) is 8.47. The average molecular weight is 369 g/mol. The Morgan fingerprint density at radius 3 is 2.04 bits per heavy atom. The molecule has 1 saturated heterocycles. The fraction of sp³-hybridized carbons (Fsp3) is 0.684. The molecule has 1 fully saturated rings. The van der Waals surface area contributed by atoms with Gasteiger partial charge in [0.2, 0.25) is 0 Å². The fourth-order valence-corrected chi connectivity index (χ4v) is 6.19. The van der Waals surface area contributed by atoms with Gasteiger partial charge in [0.1, 0.15) is 17.5 Å². The highest BCUT2D eigenvalue weighted by atomic mass is 32.2. The predicted molar refractivity (Wildman–Crippen MR) is 105 cm³/mol. The molecular formula is C19H32O3SSi. The van der Waals surface area contributed by atoms with Gasteiger partial charge in [-0.25, -0.2) is 0 Å². The van der Waals surface area contributed by atoms with E-state index >= 15 is 0 Å². The third-order valence-electron chi connectivity index (χ3n) is 5.53.